The molecule has 2 rings (SSSR count). The van der Waals surface area contributed by atoms with Crippen LogP contribution in [-0.2, 0) is 9.53 Å². The quantitative estimate of drug-likeness (QED) is 0.640. The third kappa shape index (κ3) is 4.66. The van der Waals surface area contributed by atoms with E-state index in [1.54, 1.807) is 30.9 Å². The molecule has 2 amide bonds. The molecule has 25 heavy (non-hydrogen) atoms. The van der Waals surface area contributed by atoms with Crippen LogP contribution >= 0.6 is 0 Å². The first-order chi connectivity index (χ1) is 11.9. The molecule has 0 spiro atoms. The van der Waals surface area contributed by atoms with Crippen molar-refractivity contribution in [3.05, 3.63) is 34.4 Å². The van der Waals surface area contributed by atoms with Crippen LogP contribution < -0.4 is 5.32 Å². The minimum absolute atomic E-state index is 0.143. The lowest BCUT2D eigenvalue weighted by molar-refractivity contribution is -0.383. The highest BCUT2D eigenvalue weighted by atomic mass is 16.6. The summed E-state index contributed by atoms with van der Waals surface area (Å²) in [5.41, 5.74) is 0.0321. The number of para-hydroxylation sites is 2. The van der Waals surface area contributed by atoms with E-state index in [9.17, 15) is 19.7 Å². The van der Waals surface area contributed by atoms with Crippen LogP contribution in [0.2, 0.25) is 0 Å². The van der Waals surface area contributed by atoms with Gasteiger partial charge in [-0.15, -0.1) is 0 Å². The number of nitro benzene ring substituents is 1. The lowest BCUT2D eigenvalue weighted by atomic mass is 10.2. The van der Waals surface area contributed by atoms with Gasteiger partial charge in [0.25, 0.3) is 5.69 Å². The van der Waals surface area contributed by atoms with Crippen molar-refractivity contribution in [2.45, 2.75) is 19.9 Å². The fourth-order valence-electron chi connectivity index (χ4n) is 2.65. The second-order valence-electron chi connectivity index (χ2n) is 5.66. The molecule has 9 heteroatoms. The number of rotatable bonds is 5. The summed E-state index contributed by atoms with van der Waals surface area (Å²) >= 11 is 0. The Morgan fingerprint density at radius 2 is 1.92 bits per heavy atom. The molecular formula is C16H22N4O5. The van der Waals surface area contributed by atoms with Crippen LogP contribution in [0.1, 0.15) is 13.8 Å². The van der Waals surface area contributed by atoms with Crippen LogP contribution in [0, 0.1) is 10.1 Å². The first-order valence-electron chi connectivity index (χ1n) is 8.14. The zero-order valence-electron chi connectivity index (χ0n) is 14.3. The number of amides is 2. The SMILES string of the molecule is CCOC(=O)N1CCN(C(C)C(=O)Nc2ccccc2[N+](=O)[O-])CC1. The molecule has 1 N–H and O–H groups in total. The van der Waals surface area contributed by atoms with Gasteiger partial charge in [-0.25, -0.2) is 4.79 Å². The number of benzene rings is 1. The molecule has 0 radical (unpaired) electrons. The lowest BCUT2D eigenvalue weighted by Crippen LogP contribution is -2.54. The topological polar surface area (TPSA) is 105 Å². The van der Waals surface area contributed by atoms with Gasteiger partial charge in [-0.2, -0.15) is 0 Å². The zero-order chi connectivity index (χ0) is 18.4. The zero-order valence-corrected chi connectivity index (χ0v) is 14.3. The molecule has 0 aliphatic carbocycles. The predicted octanol–water partition coefficient (Wildman–Crippen LogP) is 1.70. The minimum Gasteiger partial charge on any atom is -0.450 e. The molecule has 1 aliphatic heterocycles. The smallest absolute Gasteiger partial charge is 0.409 e. The summed E-state index contributed by atoms with van der Waals surface area (Å²) < 4.78 is 4.96. The predicted molar refractivity (Wildman–Crippen MR) is 91.4 cm³/mol. The standard InChI is InChI=1S/C16H22N4O5/c1-3-25-16(22)19-10-8-18(9-11-19)12(2)15(21)17-13-6-4-5-7-14(13)20(23)24/h4-7,12H,3,8-11H2,1-2H3,(H,17,21). The second-order valence-corrected chi connectivity index (χ2v) is 5.66. The van der Waals surface area contributed by atoms with Crippen molar-refractivity contribution in [2.75, 3.05) is 38.1 Å². The van der Waals surface area contributed by atoms with E-state index >= 15 is 0 Å². The molecule has 1 aromatic carbocycles. The third-order valence-corrected chi connectivity index (χ3v) is 4.13. The molecule has 1 heterocycles. The Kier molecular flexibility index (Phi) is 6.29. The van der Waals surface area contributed by atoms with E-state index in [4.69, 9.17) is 4.74 Å². The van der Waals surface area contributed by atoms with Gasteiger partial charge in [-0.05, 0) is 19.9 Å². The van der Waals surface area contributed by atoms with Crippen LogP contribution in [0.5, 0.6) is 0 Å². The largest absolute Gasteiger partial charge is 0.450 e. The van der Waals surface area contributed by atoms with Gasteiger partial charge < -0.3 is 15.0 Å². The van der Waals surface area contributed by atoms with Crippen molar-refractivity contribution in [1.82, 2.24) is 9.80 Å². The summed E-state index contributed by atoms with van der Waals surface area (Å²) in [4.78, 5) is 38.1. The van der Waals surface area contributed by atoms with E-state index in [1.165, 1.54) is 12.1 Å². The molecule has 9 nitrogen and oxygen atoms in total. The number of nitrogens with one attached hydrogen (secondary N) is 1. The number of ether oxygens (including phenoxy) is 1. The molecule has 1 aliphatic rings. The van der Waals surface area contributed by atoms with Gasteiger partial charge in [0.1, 0.15) is 5.69 Å². The van der Waals surface area contributed by atoms with Crippen molar-refractivity contribution in [2.24, 2.45) is 0 Å². The third-order valence-electron chi connectivity index (χ3n) is 4.13. The molecule has 1 saturated heterocycles. The number of nitro groups is 1. The summed E-state index contributed by atoms with van der Waals surface area (Å²) in [6, 6.07) is 5.56. The Bertz CT molecular complexity index is 643. The van der Waals surface area contributed by atoms with Crippen LogP contribution in [0.15, 0.2) is 24.3 Å². The lowest BCUT2D eigenvalue weighted by Gasteiger charge is -2.36. The molecule has 136 valence electrons. The highest BCUT2D eigenvalue weighted by molar-refractivity contribution is 5.96. The van der Waals surface area contributed by atoms with Crippen molar-refractivity contribution in [1.29, 1.82) is 0 Å². The Hall–Kier alpha value is -2.68. The van der Waals surface area contributed by atoms with Gasteiger partial charge in [-0.1, -0.05) is 12.1 Å². The van der Waals surface area contributed by atoms with E-state index in [0.717, 1.165) is 0 Å². The maximum Gasteiger partial charge on any atom is 0.409 e. The molecule has 1 unspecified atom stereocenters. The minimum atomic E-state index is -0.529. The van der Waals surface area contributed by atoms with Crippen molar-refractivity contribution >= 4 is 23.4 Å². The Morgan fingerprint density at radius 1 is 1.28 bits per heavy atom. The van der Waals surface area contributed by atoms with E-state index in [2.05, 4.69) is 5.32 Å². The molecule has 1 fully saturated rings. The van der Waals surface area contributed by atoms with Crippen LogP contribution in [0.25, 0.3) is 0 Å². The van der Waals surface area contributed by atoms with Gasteiger partial charge in [0.2, 0.25) is 5.91 Å². The Morgan fingerprint density at radius 3 is 2.52 bits per heavy atom. The van der Waals surface area contributed by atoms with Gasteiger partial charge in [-0.3, -0.25) is 19.8 Å². The number of carbonyl (C=O) groups excluding carboxylic acids is 2. The van der Waals surface area contributed by atoms with Crippen LogP contribution in [0.3, 0.4) is 0 Å². The van der Waals surface area contributed by atoms with Crippen molar-refractivity contribution in [3.63, 3.8) is 0 Å². The molecule has 1 aromatic rings. The Balaban J connectivity index is 1.93. The maximum atomic E-state index is 12.4. The first kappa shape index (κ1) is 18.7. The highest BCUT2D eigenvalue weighted by Crippen LogP contribution is 2.23. The first-order valence-corrected chi connectivity index (χ1v) is 8.14. The van der Waals surface area contributed by atoms with Gasteiger partial charge in [0.15, 0.2) is 0 Å². The normalized spacial score (nSPS) is 16.2. The number of nitrogens with zero attached hydrogens (tertiary/aromatic N) is 3. The second kappa shape index (κ2) is 8.43. The number of hydrogen-bond donors (Lipinski definition) is 1. The van der Waals surface area contributed by atoms with Gasteiger partial charge >= 0.3 is 6.09 Å². The van der Waals surface area contributed by atoms with E-state index < -0.39 is 11.0 Å². The maximum absolute atomic E-state index is 12.4. The number of anilines is 1. The van der Waals surface area contributed by atoms with Gasteiger partial charge in [0, 0.05) is 32.2 Å². The molecule has 0 bridgehead atoms. The summed E-state index contributed by atoms with van der Waals surface area (Å²) in [6.45, 7) is 5.83. The molecule has 0 aromatic heterocycles. The average molecular weight is 350 g/mol. The monoisotopic (exact) mass is 350 g/mol. The number of piperazine rings is 1. The van der Waals surface area contributed by atoms with Crippen LogP contribution in [0.4, 0.5) is 16.2 Å². The molecular weight excluding hydrogens is 328 g/mol. The summed E-state index contributed by atoms with van der Waals surface area (Å²) in [6.07, 6.45) is -0.348. The van der Waals surface area contributed by atoms with E-state index in [1.807, 2.05) is 4.90 Å². The fourth-order valence-corrected chi connectivity index (χ4v) is 2.65. The van der Waals surface area contributed by atoms with Crippen molar-refractivity contribution in [3.8, 4) is 0 Å². The van der Waals surface area contributed by atoms with Gasteiger partial charge in [0.05, 0.1) is 17.6 Å². The fraction of sp³-hybridized carbons (Fsp3) is 0.500. The number of carbonyl (C=O) groups is 2. The Labute approximate surface area is 145 Å². The summed E-state index contributed by atoms with van der Waals surface area (Å²) in [5, 5.41) is 13.6. The average Bonchev–Trinajstić information content (AvgIpc) is 2.61. The summed E-state index contributed by atoms with van der Waals surface area (Å²) in [5.74, 6) is -0.320. The summed E-state index contributed by atoms with van der Waals surface area (Å²) in [7, 11) is 0. The molecule has 1 atom stereocenters. The van der Waals surface area contributed by atoms with E-state index in [-0.39, 0.29) is 23.4 Å². The van der Waals surface area contributed by atoms with Crippen LogP contribution in [-0.4, -0.2) is 65.6 Å². The highest BCUT2D eigenvalue weighted by Gasteiger charge is 2.28. The molecule has 0 saturated carbocycles. The van der Waals surface area contributed by atoms with Crippen molar-refractivity contribution < 1.29 is 19.2 Å². The van der Waals surface area contributed by atoms with E-state index in [0.29, 0.717) is 32.8 Å². The number of hydrogen-bond acceptors (Lipinski definition) is 6.